The SMILES string of the molecule is O=C(c1cc(Br)ccc1F)N1CCN(c2nnc(C(F)(F)F)s2)CC1. The third kappa shape index (κ3) is 3.92. The van der Waals surface area contributed by atoms with Gasteiger partial charge in [-0.1, -0.05) is 27.3 Å². The zero-order valence-electron chi connectivity index (χ0n) is 12.6. The summed E-state index contributed by atoms with van der Waals surface area (Å²) in [5, 5.41) is 5.87. The fourth-order valence-corrected chi connectivity index (χ4v) is 3.52. The highest BCUT2D eigenvalue weighted by molar-refractivity contribution is 9.10. The molecule has 0 saturated carbocycles. The molecule has 11 heteroatoms. The topological polar surface area (TPSA) is 49.3 Å². The van der Waals surface area contributed by atoms with E-state index < -0.39 is 22.9 Å². The maximum atomic E-state index is 13.8. The van der Waals surface area contributed by atoms with Crippen LogP contribution in [0.25, 0.3) is 0 Å². The summed E-state index contributed by atoms with van der Waals surface area (Å²) < 4.78 is 52.2. The fraction of sp³-hybridized carbons (Fsp3) is 0.357. The number of nitrogens with zero attached hydrogens (tertiary/aromatic N) is 4. The summed E-state index contributed by atoms with van der Waals surface area (Å²) in [4.78, 5) is 15.5. The van der Waals surface area contributed by atoms with Gasteiger partial charge in [-0.2, -0.15) is 13.2 Å². The number of piperazine rings is 1. The average Bonchev–Trinajstić information content (AvgIpc) is 3.07. The first-order valence-corrected chi connectivity index (χ1v) is 8.76. The summed E-state index contributed by atoms with van der Waals surface area (Å²) in [6.07, 6.45) is -4.52. The van der Waals surface area contributed by atoms with Gasteiger partial charge in [0, 0.05) is 30.7 Å². The van der Waals surface area contributed by atoms with E-state index in [4.69, 9.17) is 0 Å². The minimum Gasteiger partial charge on any atom is -0.343 e. The van der Waals surface area contributed by atoms with E-state index in [1.165, 1.54) is 23.1 Å². The lowest BCUT2D eigenvalue weighted by atomic mass is 10.1. The summed E-state index contributed by atoms with van der Waals surface area (Å²) in [5.74, 6) is -1.07. The third-order valence-electron chi connectivity index (χ3n) is 3.65. The molecule has 0 N–H and O–H groups in total. The molecular formula is C14H11BrF4N4OS. The van der Waals surface area contributed by atoms with E-state index in [2.05, 4.69) is 26.1 Å². The van der Waals surface area contributed by atoms with Gasteiger partial charge in [-0.15, -0.1) is 10.2 Å². The van der Waals surface area contributed by atoms with E-state index in [-0.39, 0.29) is 23.8 Å². The second kappa shape index (κ2) is 6.87. The van der Waals surface area contributed by atoms with Crippen LogP contribution >= 0.6 is 27.3 Å². The van der Waals surface area contributed by atoms with Gasteiger partial charge in [0.25, 0.3) is 5.91 Å². The molecular weight excluding hydrogens is 428 g/mol. The van der Waals surface area contributed by atoms with Gasteiger partial charge in [0.2, 0.25) is 10.1 Å². The molecule has 1 aromatic heterocycles. The van der Waals surface area contributed by atoms with Crippen molar-refractivity contribution in [2.75, 3.05) is 31.1 Å². The second-order valence-corrected chi connectivity index (χ2v) is 7.16. The summed E-state index contributed by atoms with van der Waals surface area (Å²) in [6.45, 7) is 1.11. The maximum Gasteiger partial charge on any atom is 0.445 e. The van der Waals surface area contributed by atoms with Crippen molar-refractivity contribution < 1.29 is 22.4 Å². The Balaban J connectivity index is 1.66. The number of benzene rings is 1. The van der Waals surface area contributed by atoms with Gasteiger partial charge in [-0.25, -0.2) is 4.39 Å². The molecule has 134 valence electrons. The van der Waals surface area contributed by atoms with E-state index in [1.54, 1.807) is 4.90 Å². The number of rotatable bonds is 2. The van der Waals surface area contributed by atoms with Crippen molar-refractivity contribution in [1.82, 2.24) is 15.1 Å². The van der Waals surface area contributed by atoms with Crippen LogP contribution in [0.4, 0.5) is 22.7 Å². The predicted octanol–water partition coefficient (Wildman–Crippen LogP) is 3.42. The van der Waals surface area contributed by atoms with Crippen molar-refractivity contribution >= 4 is 38.3 Å². The molecule has 2 aromatic rings. The Labute approximate surface area is 152 Å². The van der Waals surface area contributed by atoms with Gasteiger partial charge >= 0.3 is 6.18 Å². The average molecular weight is 439 g/mol. The molecule has 1 amide bonds. The van der Waals surface area contributed by atoms with Crippen LogP contribution in [0.1, 0.15) is 15.4 Å². The largest absolute Gasteiger partial charge is 0.445 e. The van der Waals surface area contributed by atoms with Crippen molar-refractivity contribution in [3.8, 4) is 0 Å². The molecule has 5 nitrogen and oxygen atoms in total. The molecule has 1 saturated heterocycles. The molecule has 1 fully saturated rings. The van der Waals surface area contributed by atoms with E-state index >= 15 is 0 Å². The molecule has 0 spiro atoms. The van der Waals surface area contributed by atoms with Crippen molar-refractivity contribution in [2.45, 2.75) is 6.18 Å². The van der Waals surface area contributed by atoms with Crippen LogP contribution in [0.5, 0.6) is 0 Å². The van der Waals surface area contributed by atoms with Gasteiger partial charge in [-0.05, 0) is 18.2 Å². The lowest BCUT2D eigenvalue weighted by Gasteiger charge is -2.34. The number of anilines is 1. The molecule has 25 heavy (non-hydrogen) atoms. The predicted molar refractivity (Wildman–Crippen MR) is 87.1 cm³/mol. The molecule has 1 aliphatic heterocycles. The molecule has 1 aromatic carbocycles. The van der Waals surface area contributed by atoms with Gasteiger partial charge in [-0.3, -0.25) is 4.79 Å². The molecule has 0 atom stereocenters. The molecule has 0 unspecified atom stereocenters. The molecule has 0 radical (unpaired) electrons. The maximum absolute atomic E-state index is 13.8. The highest BCUT2D eigenvalue weighted by Crippen LogP contribution is 2.34. The van der Waals surface area contributed by atoms with Gasteiger partial charge in [0.1, 0.15) is 5.82 Å². The second-order valence-electron chi connectivity index (χ2n) is 5.29. The van der Waals surface area contributed by atoms with E-state index in [0.717, 1.165) is 0 Å². The molecule has 0 aliphatic carbocycles. The Morgan fingerprint density at radius 3 is 2.44 bits per heavy atom. The molecule has 1 aliphatic rings. The quantitative estimate of drug-likeness (QED) is 0.674. The highest BCUT2D eigenvalue weighted by atomic mass is 79.9. The monoisotopic (exact) mass is 438 g/mol. The number of amides is 1. The lowest BCUT2D eigenvalue weighted by Crippen LogP contribution is -2.49. The van der Waals surface area contributed by atoms with Crippen molar-refractivity contribution in [2.24, 2.45) is 0 Å². The Hall–Kier alpha value is -1.75. The molecule has 0 bridgehead atoms. The summed E-state index contributed by atoms with van der Waals surface area (Å²) in [5.41, 5.74) is -0.0434. The highest BCUT2D eigenvalue weighted by Gasteiger charge is 2.36. The summed E-state index contributed by atoms with van der Waals surface area (Å²) in [7, 11) is 0. The Morgan fingerprint density at radius 2 is 1.84 bits per heavy atom. The minimum absolute atomic E-state index is 0.0434. The van der Waals surface area contributed by atoms with Crippen LogP contribution in [0, 0.1) is 5.82 Å². The summed E-state index contributed by atoms with van der Waals surface area (Å²) >= 11 is 3.66. The minimum atomic E-state index is -4.52. The molecule has 3 rings (SSSR count). The van der Waals surface area contributed by atoms with Crippen molar-refractivity contribution in [3.63, 3.8) is 0 Å². The summed E-state index contributed by atoms with van der Waals surface area (Å²) in [6, 6.07) is 4.11. The number of aromatic nitrogens is 2. The van der Waals surface area contributed by atoms with E-state index in [1.807, 2.05) is 0 Å². The normalized spacial score (nSPS) is 15.6. The van der Waals surface area contributed by atoms with Crippen LogP contribution in [0.15, 0.2) is 22.7 Å². The van der Waals surface area contributed by atoms with Gasteiger partial charge in [0.05, 0.1) is 5.56 Å². The van der Waals surface area contributed by atoms with Gasteiger partial charge < -0.3 is 9.80 Å². The van der Waals surface area contributed by atoms with Crippen LogP contribution in [-0.2, 0) is 6.18 Å². The number of hydrogen-bond acceptors (Lipinski definition) is 5. The zero-order valence-corrected chi connectivity index (χ0v) is 15.0. The van der Waals surface area contributed by atoms with Crippen LogP contribution < -0.4 is 4.90 Å². The van der Waals surface area contributed by atoms with Gasteiger partial charge in [0.15, 0.2) is 0 Å². The first-order chi connectivity index (χ1) is 11.8. The molecule has 2 heterocycles. The van der Waals surface area contributed by atoms with Crippen LogP contribution in [0.2, 0.25) is 0 Å². The Bertz CT molecular complexity index is 789. The standard InChI is InChI=1S/C14H11BrF4N4OS/c15-8-1-2-10(16)9(7-8)11(24)22-3-5-23(6-4-22)13-21-20-12(25-13)14(17,18)19/h1-2,7H,3-6H2. The fourth-order valence-electron chi connectivity index (χ4n) is 2.39. The zero-order chi connectivity index (χ0) is 18.2. The lowest BCUT2D eigenvalue weighted by molar-refractivity contribution is -0.138. The first-order valence-electron chi connectivity index (χ1n) is 7.15. The first kappa shape index (κ1) is 18.1. The number of carbonyl (C=O) groups excluding carboxylic acids is 1. The number of halogens is 5. The smallest absolute Gasteiger partial charge is 0.343 e. The Morgan fingerprint density at radius 1 is 1.16 bits per heavy atom. The number of carbonyl (C=O) groups is 1. The van der Waals surface area contributed by atoms with Crippen LogP contribution in [-0.4, -0.2) is 47.2 Å². The van der Waals surface area contributed by atoms with E-state index in [0.29, 0.717) is 28.9 Å². The number of alkyl halides is 3. The number of hydrogen-bond donors (Lipinski definition) is 0. The van der Waals surface area contributed by atoms with Crippen molar-refractivity contribution in [3.05, 3.63) is 39.1 Å². The van der Waals surface area contributed by atoms with E-state index in [9.17, 15) is 22.4 Å². The van der Waals surface area contributed by atoms with Crippen LogP contribution in [0.3, 0.4) is 0 Å². The Kier molecular flexibility index (Phi) is 4.96. The third-order valence-corrected chi connectivity index (χ3v) is 5.18. The van der Waals surface area contributed by atoms with Crippen molar-refractivity contribution in [1.29, 1.82) is 0 Å².